The summed E-state index contributed by atoms with van der Waals surface area (Å²) in [6, 6.07) is 16.0. The Hall–Kier alpha value is -3.19. The number of amides is 1. The lowest BCUT2D eigenvalue weighted by Gasteiger charge is -2.06. The van der Waals surface area contributed by atoms with Crippen LogP contribution in [0.25, 0.3) is 11.0 Å². The molecule has 4 aromatic rings. The molecule has 0 aliphatic carbocycles. The van der Waals surface area contributed by atoms with Gasteiger partial charge in [-0.25, -0.2) is 9.97 Å². The highest BCUT2D eigenvalue weighted by Gasteiger charge is 2.08. The number of nitrogens with one attached hydrogen (secondary N) is 1. The van der Waals surface area contributed by atoms with Crippen LogP contribution in [0.3, 0.4) is 0 Å². The van der Waals surface area contributed by atoms with Crippen molar-refractivity contribution in [2.45, 2.75) is 32.9 Å². The standard InChI is InChI=1S/C23H24N4O2S/c1-17-7-9-19(10-8-17)29-14-23-26-18(15-30-23)13-22(28)24-11-4-12-27-16-25-20-5-2-3-6-21(20)27/h2-3,5-10,15-16H,4,11-14H2,1H3,(H,24,28). The second-order valence-electron chi connectivity index (χ2n) is 7.14. The molecule has 7 heteroatoms. The molecule has 30 heavy (non-hydrogen) atoms. The molecule has 0 aliphatic rings. The number of nitrogens with zero attached hydrogens (tertiary/aromatic N) is 3. The highest BCUT2D eigenvalue weighted by Crippen LogP contribution is 2.16. The van der Waals surface area contributed by atoms with Gasteiger partial charge >= 0.3 is 0 Å². The number of carbonyl (C=O) groups excluding carboxylic acids is 1. The van der Waals surface area contributed by atoms with Crippen LogP contribution in [0.5, 0.6) is 5.75 Å². The van der Waals surface area contributed by atoms with Crippen LogP contribution >= 0.6 is 11.3 Å². The number of ether oxygens (including phenoxy) is 1. The molecule has 154 valence electrons. The summed E-state index contributed by atoms with van der Waals surface area (Å²) >= 11 is 1.52. The number of hydrogen-bond donors (Lipinski definition) is 1. The molecule has 0 saturated carbocycles. The lowest BCUT2D eigenvalue weighted by molar-refractivity contribution is -0.120. The van der Waals surface area contributed by atoms with Gasteiger partial charge in [-0.2, -0.15) is 0 Å². The first kappa shape index (κ1) is 20.1. The third kappa shape index (κ3) is 5.24. The SMILES string of the molecule is Cc1ccc(OCc2nc(CC(=O)NCCCn3cnc4ccccc43)cs2)cc1. The van der Waals surface area contributed by atoms with Crippen molar-refractivity contribution in [1.29, 1.82) is 0 Å². The zero-order valence-corrected chi connectivity index (χ0v) is 17.7. The molecule has 2 aromatic heterocycles. The third-order valence-electron chi connectivity index (χ3n) is 4.75. The number of hydrogen-bond acceptors (Lipinski definition) is 5. The van der Waals surface area contributed by atoms with Gasteiger partial charge in [-0.3, -0.25) is 4.79 Å². The zero-order chi connectivity index (χ0) is 20.8. The van der Waals surface area contributed by atoms with E-state index in [0.29, 0.717) is 13.2 Å². The van der Waals surface area contributed by atoms with Gasteiger partial charge in [0.25, 0.3) is 0 Å². The van der Waals surface area contributed by atoms with E-state index in [1.54, 1.807) is 0 Å². The van der Waals surface area contributed by atoms with Crippen LogP contribution in [0.15, 0.2) is 60.2 Å². The van der Waals surface area contributed by atoms with Gasteiger partial charge in [0.1, 0.15) is 17.4 Å². The fourth-order valence-corrected chi connectivity index (χ4v) is 3.87. The van der Waals surface area contributed by atoms with Crippen molar-refractivity contribution in [3.05, 3.63) is 76.5 Å². The number of imidazole rings is 1. The highest BCUT2D eigenvalue weighted by molar-refractivity contribution is 7.09. The molecule has 1 amide bonds. The maximum absolute atomic E-state index is 12.2. The van der Waals surface area contributed by atoms with Crippen LogP contribution in [0.1, 0.15) is 22.7 Å². The van der Waals surface area contributed by atoms with Crippen molar-refractivity contribution in [1.82, 2.24) is 19.9 Å². The topological polar surface area (TPSA) is 69.0 Å². The molecule has 0 saturated heterocycles. The Kier molecular flexibility index (Phi) is 6.39. The minimum Gasteiger partial charge on any atom is -0.486 e. The van der Waals surface area contributed by atoms with Gasteiger partial charge in [0.2, 0.25) is 5.91 Å². The second kappa shape index (κ2) is 9.54. The summed E-state index contributed by atoms with van der Waals surface area (Å²) in [6.45, 7) is 3.90. The van der Waals surface area contributed by atoms with Gasteiger partial charge < -0.3 is 14.6 Å². The van der Waals surface area contributed by atoms with Crippen molar-refractivity contribution in [2.24, 2.45) is 0 Å². The third-order valence-corrected chi connectivity index (χ3v) is 5.62. The van der Waals surface area contributed by atoms with E-state index in [1.807, 2.05) is 61.1 Å². The van der Waals surface area contributed by atoms with Crippen molar-refractivity contribution in [3.8, 4) is 5.75 Å². The average molecular weight is 421 g/mol. The Morgan fingerprint density at radius 2 is 2.00 bits per heavy atom. The number of aromatic nitrogens is 3. The molecule has 0 fully saturated rings. The van der Waals surface area contributed by atoms with Crippen LogP contribution in [0.2, 0.25) is 0 Å². The smallest absolute Gasteiger partial charge is 0.226 e. The fraction of sp³-hybridized carbons (Fsp3) is 0.261. The van der Waals surface area contributed by atoms with Crippen molar-refractivity contribution >= 4 is 28.3 Å². The predicted molar refractivity (Wildman–Crippen MR) is 119 cm³/mol. The van der Waals surface area contributed by atoms with E-state index in [-0.39, 0.29) is 12.3 Å². The van der Waals surface area contributed by atoms with Gasteiger partial charge in [0.05, 0.1) is 29.5 Å². The Bertz CT molecular complexity index is 1120. The van der Waals surface area contributed by atoms with Crippen LogP contribution in [0, 0.1) is 6.92 Å². The summed E-state index contributed by atoms with van der Waals surface area (Å²) in [4.78, 5) is 21.1. The van der Waals surface area contributed by atoms with Crippen molar-refractivity contribution < 1.29 is 9.53 Å². The molecule has 6 nitrogen and oxygen atoms in total. The van der Waals surface area contributed by atoms with Crippen LogP contribution in [0.4, 0.5) is 0 Å². The quantitative estimate of drug-likeness (QED) is 0.414. The average Bonchev–Trinajstić information content (AvgIpc) is 3.38. The maximum Gasteiger partial charge on any atom is 0.226 e. The minimum absolute atomic E-state index is 0.0122. The molecule has 2 aromatic carbocycles. The summed E-state index contributed by atoms with van der Waals surface area (Å²) < 4.78 is 7.86. The minimum atomic E-state index is -0.0122. The summed E-state index contributed by atoms with van der Waals surface area (Å²) in [7, 11) is 0. The van der Waals surface area contributed by atoms with E-state index in [2.05, 4.69) is 25.9 Å². The van der Waals surface area contributed by atoms with Crippen LogP contribution in [-0.4, -0.2) is 27.0 Å². The number of fused-ring (bicyclic) bond motifs is 1. The first-order valence-electron chi connectivity index (χ1n) is 9.97. The first-order chi connectivity index (χ1) is 14.7. The van der Waals surface area contributed by atoms with Gasteiger partial charge in [-0.15, -0.1) is 11.3 Å². The van der Waals surface area contributed by atoms with Gasteiger partial charge in [0, 0.05) is 18.5 Å². The zero-order valence-electron chi connectivity index (χ0n) is 16.9. The van der Waals surface area contributed by atoms with E-state index in [0.717, 1.165) is 40.5 Å². The molecule has 0 radical (unpaired) electrons. The normalized spacial score (nSPS) is 11.0. The number of benzene rings is 2. The first-order valence-corrected chi connectivity index (χ1v) is 10.8. The van der Waals surface area contributed by atoms with E-state index in [1.165, 1.54) is 16.9 Å². The van der Waals surface area contributed by atoms with Crippen molar-refractivity contribution in [3.63, 3.8) is 0 Å². The molecule has 0 bridgehead atoms. The monoisotopic (exact) mass is 420 g/mol. The predicted octanol–water partition coefficient (Wildman–Crippen LogP) is 4.13. The number of thiazole rings is 1. The number of aryl methyl sites for hydroxylation is 2. The number of para-hydroxylation sites is 2. The fourth-order valence-electron chi connectivity index (χ4n) is 3.17. The van der Waals surface area contributed by atoms with E-state index >= 15 is 0 Å². The Morgan fingerprint density at radius 3 is 2.87 bits per heavy atom. The van der Waals surface area contributed by atoms with Crippen LogP contribution < -0.4 is 10.1 Å². The van der Waals surface area contributed by atoms with Crippen LogP contribution in [-0.2, 0) is 24.4 Å². The Balaban J connectivity index is 1.18. The molecule has 0 atom stereocenters. The Labute approximate surface area is 179 Å². The highest BCUT2D eigenvalue weighted by atomic mass is 32.1. The lowest BCUT2D eigenvalue weighted by atomic mass is 10.2. The van der Waals surface area contributed by atoms with Gasteiger partial charge in [0.15, 0.2) is 0 Å². The van der Waals surface area contributed by atoms with Gasteiger partial charge in [-0.1, -0.05) is 29.8 Å². The summed E-state index contributed by atoms with van der Waals surface area (Å²) in [5.41, 5.74) is 4.09. The van der Waals surface area contributed by atoms with E-state index in [4.69, 9.17) is 4.74 Å². The molecular formula is C23H24N4O2S. The molecule has 0 spiro atoms. The molecule has 4 rings (SSSR count). The van der Waals surface area contributed by atoms with E-state index < -0.39 is 0 Å². The summed E-state index contributed by atoms with van der Waals surface area (Å²) in [6.07, 6.45) is 2.98. The maximum atomic E-state index is 12.2. The number of rotatable bonds is 9. The number of carbonyl (C=O) groups is 1. The van der Waals surface area contributed by atoms with Crippen molar-refractivity contribution in [2.75, 3.05) is 6.54 Å². The summed E-state index contributed by atoms with van der Waals surface area (Å²) in [5.74, 6) is 0.808. The Morgan fingerprint density at radius 1 is 1.17 bits per heavy atom. The van der Waals surface area contributed by atoms with Gasteiger partial charge in [-0.05, 0) is 37.6 Å². The van der Waals surface area contributed by atoms with E-state index in [9.17, 15) is 4.79 Å². The summed E-state index contributed by atoms with van der Waals surface area (Å²) in [5, 5.41) is 5.76. The molecule has 0 unspecified atom stereocenters. The lowest BCUT2D eigenvalue weighted by Crippen LogP contribution is -2.26. The largest absolute Gasteiger partial charge is 0.486 e. The molecule has 1 N–H and O–H groups in total. The second-order valence-corrected chi connectivity index (χ2v) is 8.08. The molecule has 0 aliphatic heterocycles. The molecular weight excluding hydrogens is 396 g/mol. The molecule has 2 heterocycles.